The summed E-state index contributed by atoms with van der Waals surface area (Å²) in [4.78, 5) is 14.1. The van der Waals surface area contributed by atoms with Crippen LogP contribution in [0.1, 0.15) is 38.1 Å². The number of carbonyl (C=O) groups is 1. The SMILES string of the molecule is CCN(CC)C(=O)c1cc(N)ccc1OC(C)C. The Morgan fingerprint density at radius 3 is 2.44 bits per heavy atom. The lowest BCUT2D eigenvalue weighted by atomic mass is 10.1. The van der Waals surface area contributed by atoms with Crippen molar-refractivity contribution in [2.45, 2.75) is 33.8 Å². The van der Waals surface area contributed by atoms with Gasteiger partial charge in [0.05, 0.1) is 11.7 Å². The normalized spacial score (nSPS) is 10.5. The summed E-state index contributed by atoms with van der Waals surface area (Å²) >= 11 is 0. The van der Waals surface area contributed by atoms with Gasteiger partial charge in [-0.3, -0.25) is 4.79 Å². The van der Waals surface area contributed by atoms with Gasteiger partial charge in [-0.05, 0) is 45.9 Å². The summed E-state index contributed by atoms with van der Waals surface area (Å²) in [5, 5.41) is 0. The molecule has 18 heavy (non-hydrogen) atoms. The second-order valence-electron chi connectivity index (χ2n) is 4.40. The Hall–Kier alpha value is -1.71. The van der Waals surface area contributed by atoms with Crippen molar-refractivity contribution in [1.29, 1.82) is 0 Å². The van der Waals surface area contributed by atoms with E-state index in [1.54, 1.807) is 23.1 Å². The summed E-state index contributed by atoms with van der Waals surface area (Å²) in [6.45, 7) is 9.12. The number of nitrogens with zero attached hydrogens (tertiary/aromatic N) is 1. The molecule has 1 aromatic carbocycles. The van der Waals surface area contributed by atoms with Crippen LogP contribution in [0.3, 0.4) is 0 Å². The van der Waals surface area contributed by atoms with E-state index in [1.807, 2.05) is 27.7 Å². The Bertz CT molecular complexity index is 412. The standard InChI is InChI=1S/C14H22N2O2/c1-5-16(6-2)14(17)12-9-11(15)7-8-13(12)18-10(3)4/h7-10H,5-6,15H2,1-4H3. The van der Waals surface area contributed by atoms with E-state index in [-0.39, 0.29) is 12.0 Å². The van der Waals surface area contributed by atoms with Gasteiger partial charge in [-0.15, -0.1) is 0 Å². The van der Waals surface area contributed by atoms with E-state index in [0.717, 1.165) is 0 Å². The van der Waals surface area contributed by atoms with Crippen LogP contribution in [0, 0.1) is 0 Å². The fourth-order valence-electron chi connectivity index (χ4n) is 1.75. The second kappa shape index (κ2) is 6.28. The van der Waals surface area contributed by atoms with Crippen molar-refractivity contribution in [2.75, 3.05) is 18.8 Å². The third-order valence-electron chi connectivity index (χ3n) is 2.65. The van der Waals surface area contributed by atoms with E-state index in [4.69, 9.17) is 10.5 Å². The average molecular weight is 250 g/mol. The molecule has 0 aliphatic carbocycles. The number of hydrogen-bond donors (Lipinski definition) is 1. The van der Waals surface area contributed by atoms with Crippen LogP contribution in [0.15, 0.2) is 18.2 Å². The van der Waals surface area contributed by atoms with Crippen molar-refractivity contribution < 1.29 is 9.53 Å². The molecular formula is C14H22N2O2. The van der Waals surface area contributed by atoms with Gasteiger partial charge in [0.2, 0.25) is 0 Å². The predicted octanol–water partition coefficient (Wildman–Crippen LogP) is 2.54. The van der Waals surface area contributed by atoms with Crippen molar-refractivity contribution in [3.63, 3.8) is 0 Å². The molecule has 4 heteroatoms. The molecule has 0 bridgehead atoms. The maximum absolute atomic E-state index is 12.4. The molecule has 0 radical (unpaired) electrons. The molecule has 0 atom stereocenters. The molecule has 2 N–H and O–H groups in total. The van der Waals surface area contributed by atoms with Crippen LogP contribution in [0.2, 0.25) is 0 Å². The van der Waals surface area contributed by atoms with Crippen molar-refractivity contribution >= 4 is 11.6 Å². The Balaban J connectivity index is 3.11. The molecule has 1 amide bonds. The van der Waals surface area contributed by atoms with Crippen LogP contribution in [0.5, 0.6) is 5.75 Å². The summed E-state index contributed by atoms with van der Waals surface area (Å²) in [5.74, 6) is 0.555. The number of rotatable bonds is 5. The molecular weight excluding hydrogens is 228 g/mol. The Labute approximate surface area is 109 Å². The van der Waals surface area contributed by atoms with Crippen LogP contribution in [-0.2, 0) is 0 Å². The molecule has 0 aliphatic heterocycles. The number of nitrogens with two attached hydrogens (primary N) is 1. The van der Waals surface area contributed by atoms with E-state index in [2.05, 4.69) is 0 Å². The highest BCUT2D eigenvalue weighted by molar-refractivity contribution is 5.97. The summed E-state index contributed by atoms with van der Waals surface area (Å²) in [6.07, 6.45) is 0.0249. The number of anilines is 1. The molecule has 0 spiro atoms. The quantitative estimate of drug-likeness (QED) is 0.817. The molecule has 0 aliphatic rings. The molecule has 100 valence electrons. The molecule has 0 saturated carbocycles. The molecule has 1 aromatic rings. The van der Waals surface area contributed by atoms with E-state index >= 15 is 0 Å². The lowest BCUT2D eigenvalue weighted by molar-refractivity contribution is 0.0767. The predicted molar refractivity (Wildman–Crippen MR) is 73.9 cm³/mol. The van der Waals surface area contributed by atoms with Gasteiger partial charge in [0.25, 0.3) is 5.91 Å². The Kier molecular flexibility index (Phi) is 5.01. The fraction of sp³-hybridized carbons (Fsp3) is 0.500. The minimum absolute atomic E-state index is 0.0249. The van der Waals surface area contributed by atoms with Crippen LogP contribution in [0.25, 0.3) is 0 Å². The largest absolute Gasteiger partial charge is 0.490 e. The Morgan fingerprint density at radius 1 is 1.33 bits per heavy atom. The van der Waals surface area contributed by atoms with E-state index in [9.17, 15) is 4.79 Å². The van der Waals surface area contributed by atoms with Gasteiger partial charge in [0.1, 0.15) is 5.75 Å². The zero-order valence-corrected chi connectivity index (χ0v) is 11.6. The summed E-state index contributed by atoms with van der Waals surface area (Å²) < 4.78 is 5.66. The smallest absolute Gasteiger partial charge is 0.257 e. The number of carbonyl (C=O) groups excluding carboxylic acids is 1. The third kappa shape index (κ3) is 3.39. The van der Waals surface area contributed by atoms with Crippen molar-refractivity contribution in [3.05, 3.63) is 23.8 Å². The number of benzene rings is 1. The molecule has 0 aromatic heterocycles. The van der Waals surface area contributed by atoms with E-state index in [1.165, 1.54) is 0 Å². The highest BCUT2D eigenvalue weighted by atomic mass is 16.5. The highest BCUT2D eigenvalue weighted by Crippen LogP contribution is 2.24. The van der Waals surface area contributed by atoms with Gasteiger partial charge in [-0.2, -0.15) is 0 Å². The first-order valence-corrected chi connectivity index (χ1v) is 6.35. The first kappa shape index (κ1) is 14.4. The van der Waals surface area contributed by atoms with Crippen LogP contribution in [0.4, 0.5) is 5.69 Å². The van der Waals surface area contributed by atoms with Crippen LogP contribution < -0.4 is 10.5 Å². The number of nitrogen functional groups attached to an aromatic ring is 1. The minimum atomic E-state index is -0.0389. The van der Waals surface area contributed by atoms with Crippen LogP contribution >= 0.6 is 0 Å². The van der Waals surface area contributed by atoms with Crippen molar-refractivity contribution in [1.82, 2.24) is 4.90 Å². The van der Waals surface area contributed by atoms with Gasteiger partial charge in [-0.25, -0.2) is 0 Å². The maximum atomic E-state index is 12.4. The lowest BCUT2D eigenvalue weighted by Gasteiger charge is -2.21. The zero-order valence-electron chi connectivity index (χ0n) is 11.6. The first-order chi connectivity index (χ1) is 8.49. The topological polar surface area (TPSA) is 55.6 Å². The Morgan fingerprint density at radius 2 is 1.94 bits per heavy atom. The summed E-state index contributed by atoms with van der Waals surface area (Å²) in [5.41, 5.74) is 6.86. The fourth-order valence-corrected chi connectivity index (χ4v) is 1.75. The average Bonchev–Trinajstić information content (AvgIpc) is 2.32. The third-order valence-corrected chi connectivity index (χ3v) is 2.65. The molecule has 4 nitrogen and oxygen atoms in total. The van der Waals surface area contributed by atoms with Gasteiger partial charge in [0, 0.05) is 18.8 Å². The first-order valence-electron chi connectivity index (χ1n) is 6.35. The monoisotopic (exact) mass is 250 g/mol. The van der Waals surface area contributed by atoms with E-state index in [0.29, 0.717) is 30.1 Å². The summed E-state index contributed by atoms with van der Waals surface area (Å²) in [7, 11) is 0. The van der Waals surface area contributed by atoms with E-state index < -0.39 is 0 Å². The molecule has 0 heterocycles. The lowest BCUT2D eigenvalue weighted by Crippen LogP contribution is -2.31. The van der Waals surface area contributed by atoms with Gasteiger partial charge >= 0.3 is 0 Å². The van der Waals surface area contributed by atoms with Gasteiger partial charge in [-0.1, -0.05) is 0 Å². The van der Waals surface area contributed by atoms with Gasteiger partial charge < -0.3 is 15.4 Å². The number of ether oxygens (including phenoxy) is 1. The number of hydrogen-bond acceptors (Lipinski definition) is 3. The van der Waals surface area contributed by atoms with Crippen molar-refractivity contribution in [3.8, 4) is 5.75 Å². The molecule has 0 unspecified atom stereocenters. The van der Waals surface area contributed by atoms with Crippen LogP contribution in [-0.4, -0.2) is 30.0 Å². The molecule has 0 saturated heterocycles. The van der Waals surface area contributed by atoms with Gasteiger partial charge in [0.15, 0.2) is 0 Å². The number of amides is 1. The summed E-state index contributed by atoms with van der Waals surface area (Å²) in [6, 6.07) is 5.18. The second-order valence-corrected chi connectivity index (χ2v) is 4.40. The van der Waals surface area contributed by atoms with Crippen molar-refractivity contribution in [2.24, 2.45) is 0 Å². The maximum Gasteiger partial charge on any atom is 0.257 e. The molecule has 1 rings (SSSR count). The highest BCUT2D eigenvalue weighted by Gasteiger charge is 2.18. The minimum Gasteiger partial charge on any atom is -0.490 e. The zero-order chi connectivity index (χ0) is 13.7. The molecule has 0 fully saturated rings.